The van der Waals surface area contributed by atoms with Gasteiger partial charge in [0.15, 0.2) is 0 Å². The van der Waals surface area contributed by atoms with Crippen LogP contribution in [-0.4, -0.2) is 49.0 Å². The summed E-state index contributed by atoms with van der Waals surface area (Å²) in [6.45, 7) is 7.69. The second-order valence-corrected chi connectivity index (χ2v) is 6.61. The molecule has 1 atom stereocenters. The maximum absolute atomic E-state index is 12.3. The van der Waals surface area contributed by atoms with Gasteiger partial charge in [0.05, 0.1) is 19.7 Å². The van der Waals surface area contributed by atoms with Gasteiger partial charge in [-0.05, 0) is 59.0 Å². The van der Waals surface area contributed by atoms with Gasteiger partial charge in [-0.15, -0.1) is 0 Å². The predicted octanol–water partition coefficient (Wildman–Crippen LogP) is 1.87. The number of hydrogen-bond donors (Lipinski definition) is 2. The number of likely N-dealkylation sites (N-methyl/N-ethyl adjacent to an activating group) is 1. The number of amides is 2. The normalized spacial score (nSPS) is 12.7. The van der Waals surface area contributed by atoms with E-state index in [-0.39, 0.29) is 23.9 Å². The summed E-state index contributed by atoms with van der Waals surface area (Å²) in [5.41, 5.74) is 0.405. The molecule has 0 bridgehead atoms. The van der Waals surface area contributed by atoms with Gasteiger partial charge in [-0.25, -0.2) is 0 Å². The molecule has 128 valence electrons. The standard InChI is InChI=1S/C17H27N3O3/c1-12(20(5)11-15(21)19-17(2,3)4)16(22)18-13-7-9-14(23-6)10-8-13/h7-10,12H,11H2,1-6H3,(H,18,22)(H,19,21). The molecule has 0 aliphatic heterocycles. The molecule has 6 heteroatoms. The molecule has 0 spiro atoms. The summed E-state index contributed by atoms with van der Waals surface area (Å²) >= 11 is 0. The molecule has 2 amide bonds. The Kier molecular flexibility index (Phi) is 6.57. The monoisotopic (exact) mass is 321 g/mol. The number of benzene rings is 1. The molecule has 1 unspecified atom stereocenters. The first-order valence-corrected chi connectivity index (χ1v) is 7.58. The third-order valence-electron chi connectivity index (χ3n) is 3.31. The van der Waals surface area contributed by atoms with Crippen molar-refractivity contribution in [3.8, 4) is 5.75 Å². The molecular formula is C17H27N3O3. The molecule has 0 aromatic heterocycles. The van der Waals surface area contributed by atoms with Gasteiger partial charge < -0.3 is 15.4 Å². The molecule has 0 heterocycles. The molecule has 0 fully saturated rings. The van der Waals surface area contributed by atoms with Crippen molar-refractivity contribution in [2.24, 2.45) is 0 Å². The lowest BCUT2D eigenvalue weighted by atomic mass is 10.1. The Morgan fingerprint density at radius 2 is 1.78 bits per heavy atom. The lowest BCUT2D eigenvalue weighted by molar-refractivity contribution is -0.125. The fraction of sp³-hybridized carbons (Fsp3) is 0.529. The zero-order valence-electron chi connectivity index (χ0n) is 14.8. The Bertz CT molecular complexity index is 535. The fourth-order valence-corrected chi connectivity index (χ4v) is 1.94. The molecule has 1 aromatic carbocycles. The van der Waals surface area contributed by atoms with Crippen LogP contribution in [0.15, 0.2) is 24.3 Å². The predicted molar refractivity (Wildman–Crippen MR) is 91.6 cm³/mol. The van der Waals surface area contributed by atoms with Crippen molar-refractivity contribution in [3.05, 3.63) is 24.3 Å². The van der Waals surface area contributed by atoms with Crippen LogP contribution in [0, 0.1) is 0 Å². The quantitative estimate of drug-likeness (QED) is 0.839. The first kappa shape index (κ1) is 19.0. The number of methoxy groups -OCH3 is 1. The second-order valence-electron chi connectivity index (χ2n) is 6.61. The Balaban J connectivity index is 2.55. The van der Waals surface area contributed by atoms with Gasteiger partial charge in [-0.3, -0.25) is 14.5 Å². The molecule has 0 saturated heterocycles. The molecule has 0 aliphatic carbocycles. The second kappa shape index (κ2) is 7.97. The zero-order valence-corrected chi connectivity index (χ0v) is 14.8. The minimum Gasteiger partial charge on any atom is -0.497 e. The molecule has 2 N–H and O–H groups in total. The van der Waals surface area contributed by atoms with Crippen molar-refractivity contribution in [1.29, 1.82) is 0 Å². The highest BCUT2D eigenvalue weighted by atomic mass is 16.5. The smallest absolute Gasteiger partial charge is 0.241 e. The van der Waals surface area contributed by atoms with Crippen LogP contribution in [0.2, 0.25) is 0 Å². The van der Waals surface area contributed by atoms with Crippen molar-refractivity contribution in [3.63, 3.8) is 0 Å². The van der Waals surface area contributed by atoms with Gasteiger partial charge in [-0.2, -0.15) is 0 Å². The van der Waals surface area contributed by atoms with E-state index in [2.05, 4.69) is 10.6 Å². The van der Waals surface area contributed by atoms with Gasteiger partial charge in [0.1, 0.15) is 5.75 Å². The highest BCUT2D eigenvalue weighted by molar-refractivity contribution is 5.95. The minimum atomic E-state index is -0.428. The number of nitrogens with zero attached hydrogens (tertiary/aromatic N) is 1. The van der Waals surface area contributed by atoms with Gasteiger partial charge in [0, 0.05) is 11.2 Å². The van der Waals surface area contributed by atoms with Crippen LogP contribution < -0.4 is 15.4 Å². The highest BCUT2D eigenvalue weighted by Crippen LogP contribution is 2.15. The van der Waals surface area contributed by atoms with Gasteiger partial charge in [0.2, 0.25) is 11.8 Å². The number of carbonyl (C=O) groups is 2. The van der Waals surface area contributed by atoms with Gasteiger partial charge in [-0.1, -0.05) is 0 Å². The number of carbonyl (C=O) groups excluding carboxylic acids is 2. The van der Waals surface area contributed by atoms with E-state index in [0.29, 0.717) is 5.69 Å². The Morgan fingerprint density at radius 1 is 1.22 bits per heavy atom. The Morgan fingerprint density at radius 3 is 2.26 bits per heavy atom. The maximum atomic E-state index is 12.3. The summed E-state index contributed by atoms with van der Waals surface area (Å²) in [6, 6.07) is 6.68. The number of hydrogen-bond acceptors (Lipinski definition) is 4. The van der Waals surface area contributed by atoms with E-state index in [1.165, 1.54) is 0 Å². The van der Waals surface area contributed by atoms with Gasteiger partial charge >= 0.3 is 0 Å². The maximum Gasteiger partial charge on any atom is 0.241 e. The van der Waals surface area contributed by atoms with Crippen LogP contribution in [-0.2, 0) is 9.59 Å². The topological polar surface area (TPSA) is 70.7 Å². The molecular weight excluding hydrogens is 294 g/mol. The summed E-state index contributed by atoms with van der Waals surface area (Å²) in [7, 11) is 3.34. The first-order chi connectivity index (χ1) is 10.6. The molecule has 0 saturated carbocycles. The Labute approximate surface area is 138 Å². The van der Waals surface area contributed by atoms with Crippen molar-refractivity contribution < 1.29 is 14.3 Å². The lowest BCUT2D eigenvalue weighted by Crippen LogP contribution is -2.49. The third kappa shape index (κ3) is 6.69. The molecule has 0 aliphatic rings. The number of anilines is 1. The zero-order chi connectivity index (χ0) is 17.6. The average Bonchev–Trinajstić information content (AvgIpc) is 2.45. The average molecular weight is 321 g/mol. The van der Waals surface area contributed by atoms with E-state index in [1.54, 1.807) is 50.2 Å². The highest BCUT2D eigenvalue weighted by Gasteiger charge is 2.22. The summed E-state index contributed by atoms with van der Waals surface area (Å²) in [4.78, 5) is 25.9. The van der Waals surface area contributed by atoms with E-state index >= 15 is 0 Å². The van der Waals surface area contributed by atoms with Crippen molar-refractivity contribution in [2.45, 2.75) is 39.3 Å². The van der Waals surface area contributed by atoms with E-state index in [0.717, 1.165) is 5.75 Å². The van der Waals surface area contributed by atoms with Crippen LogP contribution in [0.1, 0.15) is 27.7 Å². The van der Waals surface area contributed by atoms with E-state index in [1.807, 2.05) is 20.8 Å². The summed E-state index contributed by atoms with van der Waals surface area (Å²) in [6.07, 6.45) is 0. The number of nitrogens with one attached hydrogen (secondary N) is 2. The van der Waals surface area contributed by atoms with Crippen LogP contribution in [0.4, 0.5) is 5.69 Å². The minimum absolute atomic E-state index is 0.107. The molecule has 0 radical (unpaired) electrons. The first-order valence-electron chi connectivity index (χ1n) is 7.58. The van der Waals surface area contributed by atoms with Gasteiger partial charge in [0.25, 0.3) is 0 Å². The van der Waals surface area contributed by atoms with Crippen LogP contribution in [0.5, 0.6) is 5.75 Å². The summed E-state index contributed by atoms with van der Waals surface area (Å²) in [5.74, 6) is 0.456. The molecule has 6 nitrogen and oxygen atoms in total. The third-order valence-corrected chi connectivity index (χ3v) is 3.31. The van der Waals surface area contributed by atoms with Crippen molar-refractivity contribution in [2.75, 3.05) is 26.0 Å². The van der Waals surface area contributed by atoms with E-state index in [9.17, 15) is 9.59 Å². The van der Waals surface area contributed by atoms with Crippen molar-refractivity contribution >= 4 is 17.5 Å². The summed E-state index contributed by atoms with van der Waals surface area (Å²) in [5, 5.41) is 5.71. The number of ether oxygens (including phenoxy) is 1. The molecule has 23 heavy (non-hydrogen) atoms. The number of rotatable bonds is 6. The largest absolute Gasteiger partial charge is 0.497 e. The fourth-order valence-electron chi connectivity index (χ4n) is 1.94. The SMILES string of the molecule is COc1ccc(NC(=O)C(C)N(C)CC(=O)NC(C)(C)C)cc1. The Hall–Kier alpha value is -2.08. The van der Waals surface area contributed by atoms with Crippen LogP contribution in [0.3, 0.4) is 0 Å². The molecule has 1 aromatic rings. The molecule has 1 rings (SSSR count). The van der Waals surface area contributed by atoms with Crippen LogP contribution in [0.25, 0.3) is 0 Å². The van der Waals surface area contributed by atoms with E-state index < -0.39 is 6.04 Å². The van der Waals surface area contributed by atoms with Crippen molar-refractivity contribution in [1.82, 2.24) is 10.2 Å². The van der Waals surface area contributed by atoms with Crippen LogP contribution >= 0.6 is 0 Å². The summed E-state index contributed by atoms with van der Waals surface area (Å²) < 4.78 is 5.08. The van der Waals surface area contributed by atoms with E-state index in [4.69, 9.17) is 4.74 Å². The lowest BCUT2D eigenvalue weighted by Gasteiger charge is -2.26.